The Morgan fingerprint density at radius 1 is 1.24 bits per heavy atom. The van der Waals surface area contributed by atoms with Crippen molar-refractivity contribution in [1.82, 2.24) is 4.90 Å². The monoisotopic (exact) mass is 240 g/mol. The lowest BCUT2D eigenvalue weighted by Crippen LogP contribution is -2.53. The summed E-state index contributed by atoms with van der Waals surface area (Å²) in [5.41, 5.74) is 6.28. The fraction of sp³-hybridized carbons (Fsp3) is 1.00. The quantitative estimate of drug-likeness (QED) is 0.799. The summed E-state index contributed by atoms with van der Waals surface area (Å²) in [5, 5.41) is 0. The first-order chi connectivity index (χ1) is 7.96. The summed E-state index contributed by atoms with van der Waals surface area (Å²) in [5.74, 6) is 1.62. The first kappa shape index (κ1) is 15.0. The molecule has 3 atom stereocenters. The molecule has 102 valence electrons. The molecule has 0 bridgehead atoms. The van der Waals surface area contributed by atoms with Gasteiger partial charge in [-0.2, -0.15) is 0 Å². The van der Waals surface area contributed by atoms with Crippen LogP contribution in [0.2, 0.25) is 0 Å². The molecule has 1 saturated carbocycles. The highest BCUT2D eigenvalue weighted by atomic mass is 15.2. The van der Waals surface area contributed by atoms with E-state index in [1.165, 1.54) is 32.1 Å². The minimum atomic E-state index is 0.299. The average Bonchev–Trinajstić information content (AvgIpc) is 2.36. The first-order valence-corrected chi connectivity index (χ1v) is 7.39. The molecule has 0 heterocycles. The molecule has 0 radical (unpaired) electrons. The molecule has 3 unspecified atom stereocenters. The minimum Gasteiger partial charge on any atom is -0.330 e. The minimum absolute atomic E-state index is 0.299. The van der Waals surface area contributed by atoms with Crippen LogP contribution in [0.1, 0.15) is 59.8 Å². The summed E-state index contributed by atoms with van der Waals surface area (Å²) in [6.45, 7) is 10.2. The molecule has 0 spiro atoms. The zero-order chi connectivity index (χ0) is 13.1. The van der Waals surface area contributed by atoms with Crippen LogP contribution in [0.25, 0.3) is 0 Å². The van der Waals surface area contributed by atoms with Crippen molar-refractivity contribution in [1.29, 1.82) is 0 Å². The van der Waals surface area contributed by atoms with Crippen LogP contribution in [-0.2, 0) is 0 Å². The smallest absolute Gasteiger partial charge is 0.0150 e. The van der Waals surface area contributed by atoms with Gasteiger partial charge in [0.2, 0.25) is 0 Å². The van der Waals surface area contributed by atoms with Gasteiger partial charge in [-0.05, 0) is 58.5 Å². The Morgan fingerprint density at radius 3 is 2.35 bits per heavy atom. The molecule has 1 rings (SSSR count). The number of rotatable bonds is 5. The van der Waals surface area contributed by atoms with E-state index in [1.807, 2.05) is 0 Å². The van der Waals surface area contributed by atoms with Crippen LogP contribution in [0.15, 0.2) is 0 Å². The third-order valence-corrected chi connectivity index (χ3v) is 5.26. The molecule has 0 saturated heterocycles. The second-order valence-electron chi connectivity index (χ2n) is 6.43. The van der Waals surface area contributed by atoms with Gasteiger partial charge in [-0.1, -0.05) is 26.7 Å². The Labute approximate surface area is 108 Å². The topological polar surface area (TPSA) is 29.3 Å². The summed E-state index contributed by atoms with van der Waals surface area (Å²) >= 11 is 0. The van der Waals surface area contributed by atoms with Crippen LogP contribution in [0.5, 0.6) is 0 Å². The highest BCUT2D eigenvalue weighted by Gasteiger charge is 2.36. The molecule has 2 nitrogen and oxygen atoms in total. The number of hydrogen-bond acceptors (Lipinski definition) is 2. The van der Waals surface area contributed by atoms with E-state index in [-0.39, 0.29) is 0 Å². The summed E-state index contributed by atoms with van der Waals surface area (Å²) in [6.07, 6.45) is 6.58. The Balaban J connectivity index is 2.75. The lowest BCUT2D eigenvalue weighted by atomic mass is 9.75. The van der Waals surface area contributed by atoms with Crippen molar-refractivity contribution in [2.24, 2.45) is 17.6 Å². The second-order valence-corrected chi connectivity index (χ2v) is 6.43. The van der Waals surface area contributed by atoms with Gasteiger partial charge in [0.05, 0.1) is 0 Å². The van der Waals surface area contributed by atoms with Gasteiger partial charge in [-0.15, -0.1) is 0 Å². The van der Waals surface area contributed by atoms with E-state index in [1.54, 1.807) is 0 Å². The molecule has 0 amide bonds. The van der Waals surface area contributed by atoms with Gasteiger partial charge in [0.1, 0.15) is 0 Å². The van der Waals surface area contributed by atoms with Crippen LogP contribution in [0, 0.1) is 11.8 Å². The van der Waals surface area contributed by atoms with Gasteiger partial charge in [-0.25, -0.2) is 0 Å². The maximum Gasteiger partial charge on any atom is 0.0150 e. The van der Waals surface area contributed by atoms with Gasteiger partial charge in [-0.3, -0.25) is 4.90 Å². The largest absolute Gasteiger partial charge is 0.330 e. The normalized spacial score (nSPS) is 30.9. The molecule has 17 heavy (non-hydrogen) atoms. The van der Waals surface area contributed by atoms with Gasteiger partial charge in [0.25, 0.3) is 0 Å². The van der Waals surface area contributed by atoms with Crippen molar-refractivity contribution in [3.63, 3.8) is 0 Å². The molecule has 2 heteroatoms. The van der Waals surface area contributed by atoms with Gasteiger partial charge in [0.15, 0.2) is 0 Å². The van der Waals surface area contributed by atoms with E-state index in [2.05, 4.69) is 39.6 Å². The van der Waals surface area contributed by atoms with Crippen molar-refractivity contribution in [3.8, 4) is 0 Å². The molecule has 1 aliphatic rings. The van der Waals surface area contributed by atoms with Crippen molar-refractivity contribution in [3.05, 3.63) is 0 Å². The zero-order valence-corrected chi connectivity index (χ0v) is 12.5. The number of hydrogen-bond donors (Lipinski definition) is 1. The molecule has 0 aromatic carbocycles. The van der Waals surface area contributed by atoms with Crippen molar-refractivity contribution >= 4 is 0 Å². The number of nitrogens with two attached hydrogens (primary N) is 1. The van der Waals surface area contributed by atoms with E-state index in [4.69, 9.17) is 5.73 Å². The molecule has 1 fully saturated rings. The Hall–Kier alpha value is -0.0800. The van der Waals surface area contributed by atoms with E-state index < -0.39 is 0 Å². The van der Waals surface area contributed by atoms with Gasteiger partial charge >= 0.3 is 0 Å². The fourth-order valence-electron chi connectivity index (χ4n) is 3.11. The SMILES string of the molecule is CCC1CCC(CN)C(N(C)C(C)(C)CC)C1. The lowest BCUT2D eigenvalue weighted by molar-refractivity contribution is 0.0265. The highest BCUT2D eigenvalue weighted by Crippen LogP contribution is 2.36. The molecule has 0 aromatic heterocycles. The van der Waals surface area contributed by atoms with E-state index in [0.717, 1.165) is 12.5 Å². The first-order valence-electron chi connectivity index (χ1n) is 7.39. The Kier molecular flexibility index (Phi) is 5.46. The molecular weight excluding hydrogens is 208 g/mol. The molecule has 0 aliphatic heterocycles. The van der Waals surface area contributed by atoms with E-state index in [0.29, 0.717) is 17.5 Å². The molecule has 2 N–H and O–H groups in total. The highest BCUT2D eigenvalue weighted by molar-refractivity contribution is 4.91. The summed E-state index contributed by atoms with van der Waals surface area (Å²) in [7, 11) is 2.30. The van der Waals surface area contributed by atoms with Crippen LogP contribution in [-0.4, -0.2) is 30.1 Å². The summed E-state index contributed by atoms with van der Waals surface area (Å²) < 4.78 is 0. The predicted octanol–water partition coefficient (Wildman–Crippen LogP) is 3.26. The third-order valence-electron chi connectivity index (χ3n) is 5.26. The Bertz CT molecular complexity index is 225. The summed E-state index contributed by atoms with van der Waals surface area (Å²) in [4.78, 5) is 2.60. The van der Waals surface area contributed by atoms with Gasteiger partial charge < -0.3 is 5.73 Å². The van der Waals surface area contributed by atoms with Gasteiger partial charge in [0, 0.05) is 11.6 Å². The fourth-order valence-corrected chi connectivity index (χ4v) is 3.11. The standard InChI is InChI=1S/C15H32N2/c1-6-12-8-9-13(11-16)14(10-12)17(5)15(3,4)7-2/h12-14H,6-11,16H2,1-5H3. The van der Waals surface area contributed by atoms with Crippen LogP contribution in [0.4, 0.5) is 0 Å². The predicted molar refractivity (Wildman–Crippen MR) is 76.1 cm³/mol. The molecule has 1 aliphatic carbocycles. The van der Waals surface area contributed by atoms with Crippen molar-refractivity contribution in [2.45, 2.75) is 71.4 Å². The third kappa shape index (κ3) is 3.45. The van der Waals surface area contributed by atoms with E-state index >= 15 is 0 Å². The lowest BCUT2D eigenvalue weighted by Gasteiger charge is -2.47. The maximum absolute atomic E-state index is 5.98. The van der Waals surface area contributed by atoms with Crippen LogP contribution < -0.4 is 5.73 Å². The summed E-state index contributed by atoms with van der Waals surface area (Å²) in [6, 6.07) is 0.689. The zero-order valence-electron chi connectivity index (χ0n) is 12.5. The Morgan fingerprint density at radius 2 is 1.88 bits per heavy atom. The van der Waals surface area contributed by atoms with E-state index in [9.17, 15) is 0 Å². The van der Waals surface area contributed by atoms with Crippen LogP contribution in [0.3, 0.4) is 0 Å². The molecule has 0 aromatic rings. The average molecular weight is 240 g/mol. The number of nitrogens with zero attached hydrogens (tertiary/aromatic N) is 1. The maximum atomic E-state index is 5.98. The van der Waals surface area contributed by atoms with Crippen LogP contribution >= 0.6 is 0 Å². The van der Waals surface area contributed by atoms with Crippen molar-refractivity contribution < 1.29 is 0 Å². The molecular formula is C15H32N2. The van der Waals surface area contributed by atoms with Crippen molar-refractivity contribution in [2.75, 3.05) is 13.6 Å². The second kappa shape index (κ2) is 6.19.